The third-order valence-corrected chi connectivity index (χ3v) is 8.44. The topological polar surface area (TPSA) is 139 Å². The Morgan fingerprint density at radius 3 is 2.12 bits per heavy atom. The number of hydrogen-bond acceptors (Lipinski definition) is 8. The van der Waals surface area contributed by atoms with E-state index in [1.807, 2.05) is 6.92 Å². The molecule has 0 aliphatic rings. The van der Waals surface area contributed by atoms with Gasteiger partial charge in [0.2, 0.25) is 0 Å². The van der Waals surface area contributed by atoms with E-state index in [1.165, 1.54) is 20.0 Å². The Balaban J connectivity index is 1.72. The number of nitrogens with zero attached hydrogens (tertiary/aromatic N) is 4. The maximum atomic E-state index is 13.4. The van der Waals surface area contributed by atoms with Crippen molar-refractivity contribution >= 4 is 26.7 Å². The van der Waals surface area contributed by atoms with Crippen LogP contribution in [0.5, 0.6) is 23.0 Å². The summed E-state index contributed by atoms with van der Waals surface area (Å²) in [4.78, 5) is 12.7. The number of fused-ring (bicyclic) bond motifs is 1. The van der Waals surface area contributed by atoms with Gasteiger partial charge in [0.05, 0.1) is 41.8 Å². The monoisotopic (exact) mass is 601 g/mol. The molecule has 2 heterocycles. The highest BCUT2D eigenvalue weighted by Crippen LogP contribution is 2.38. The number of hydrogen-bond donors (Lipinski definition) is 2. The van der Waals surface area contributed by atoms with Gasteiger partial charge in [-0.25, -0.2) is 13.2 Å². The number of rotatable bonds is 15. The minimum absolute atomic E-state index is 0.0302. The van der Waals surface area contributed by atoms with Crippen molar-refractivity contribution in [2.75, 3.05) is 24.5 Å². The van der Waals surface area contributed by atoms with E-state index in [0.717, 1.165) is 32.1 Å². The summed E-state index contributed by atoms with van der Waals surface area (Å²) in [6.45, 7) is 4.83. The molecule has 0 aliphatic heterocycles. The molecule has 42 heavy (non-hydrogen) atoms. The number of imidazole rings is 1. The van der Waals surface area contributed by atoms with E-state index in [1.54, 1.807) is 58.4 Å². The first-order valence-corrected chi connectivity index (χ1v) is 15.4. The van der Waals surface area contributed by atoms with E-state index in [9.17, 15) is 13.2 Å². The van der Waals surface area contributed by atoms with E-state index >= 15 is 0 Å². The van der Waals surface area contributed by atoms with Gasteiger partial charge in [0, 0.05) is 52.0 Å². The highest BCUT2D eigenvalue weighted by atomic mass is 32.2. The predicted molar refractivity (Wildman–Crippen MR) is 160 cm³/mol. The zero-order chi connectivity index (χ0) is 30.4. The minimum Gasteiger partial charge on any atom is -0.493 e. The van der Waals surface area contributed by atoms with Crippen LogP contribution in [0.15, 0.2) is 46.2 Å². The fourth-order valence-corrected chi connectivity index (χ4v) is 5.77. The molecule has 0 saturated carbocycles. The van der Waals surface area contributed by atoms with Crippen LogP contribution >= 0.6 is 0 Å². The molecule has 228 valence electrons. The van der Waals surface area contributed by atoms with Crippen molar-refractivity contribution in [2.45, 2.75) is 50.8 Å². The van der Waals surface area contributed by atoms with Crippen LogP contribution in [0.25, 0.3) is 11.0 Å². The zero-order valence-electron chi connectivity index (χ0n) is 24.7. The van der Waals surface area contributed by atoms with Crippen LogP contribution in [0.4, 0.5) is 5.69 Å². The maximum Gasteiger partial charge on any atom is 0.328 e. The van der Waals surface area contributed by atoms with Gasteiger partial charge < -0.3 is 19.3 Å². The van der Waals surface area contributed by atoms with E-state index < -0.39 is 10.0 Å². The first-order chi connectivity index (χ1) is 20.1. The van der Waals surface area contributed by atoms with Crippen molar-refractivity contribution in [2.24, 2.45) is 21.1 Å². The molecule has 0 fully saturated rings. The summed E-state index contributed by atoms with van der Waals surface area (Å²) in [7, 11) is 0.882. The molecule has 12 nitrogen and oxygen atoms in total. The molecule has 0 atom stereocenters. The Labute approximate surface area is 245 Å². The maximum absolute atomic E-state index is 13.4. The molecule has 4 rings (SSSR count). The number of sulfonamides is 1. The van der Waals surface area contributed by atoms with Crippen molar-refractivity contribution < 1.29 is 27.7 Å². The minimum atomic E-state index is -4.05. The van der Waals surface area contributed by atoms with Crippen LogP contribution in [0.2, 0.25) is 0 Å². The van der Waals surface area contributed by atoms with E-state index in [4.69, 9.17) is 19.3 Å². The van der Waals surface area contributed by atoms with Gasteiger partial charge in [0.25, 0.3) is 10.0 Å². The van der Waals surface area contributed by atoms with Gasteiger partial charge in [-0.2, -0.15) is 5.10 Å². The van der Waals surface area contributed by atoms with E-state index in [0.29, 0.717) is 47.2 Å². The molecule has 0 radical (unpaired) electrons. The molecule has 0 amide bonds. The van der Waals surface area contributed by atoms with Crippen LogP contribution in [0.1, 0.15) is 44.7 Å². The Morgan fingerprint density at radius 1 is 0.881 bits per heavy atom. The van der Waals surface area contributed by atoms with Gasteiger partial charge in [-0.15, -0.1) is 0 Å². The van der Waals surface area contributed by atoms with Crippen LogP contribution < -0.4 is 24.6 Å². The third-order valence-electron chi connectivity index (χ3n) is 6.97. The lowest BCUT2D eigenvalue weighted by Gasteiger charge is -2.16. The van der Waals surface area contributed by atoms with Crippen molar-refractivity contribution in [1.29, 1.82) is 0 Å². The number of ether oxygens (including phenoxy) is 3. The number of aliphatic hydroxyl groups is 1. The first-order valence-electron chi connectivity index (χ1n) is 14.0. The second-order valence-corrected chi connectivity index (χ2v) is 11.8. The summed E-state index contributed by atoms with van der Waals surface area (Å²) < 4.78 is 52.0. The molecule has 4 aromatic rings. The summed E-state index contributed by atoms with van der Waals surface area (Å²) in [5.41, 5.74) is 1.45. The normalized spacial score (nSPS) is 11.7. The van der Waals surface area contributed by atoms with Gasteiger partial charge in [-0.3, -0.25) is 18.5 Å². The fourth-order valence-electron chi connectivity index (χ4n) is 4.51. The Hall–Kier alpha value is -3.97. The van der Waals surface area contributed by atoms with Crippen molar-refractivity contribution in [3.05, 3.63) is 52.7 Å². The van der Waals surface area contributed by atoms with Crippen LogP contribution in [0.3, 0.4) is 0 Å². The number of aryl methyl sites for hydroxylation is 3. The summed E-state index contributed by atoms with van der Waals surface area (Å²) in [6.07, 6.45) is 5.56. The molecular weight excluding hydrogens is 562 g/mol. The zero-order valence-corrected chi connectivity index (χ0v) is 25.5. The van der Waals surface area contributed by atoms with E-state index in [-0.39, 0.29) is 28.6 Å². The number of aliphatic hydroxyl groups excluding tert-OH is 1. The van der Waals surface area contributed by atoms with Crippen LogP contribution in [0, 0.1) is 6.92 Å². The molecule has 2 aromatic heterocycles. The number of anilines is 1. The second-order valence-electron chi connectivity index (χ2n) is 10.1. The smallest absolute Gasteiger partial charge is 0.328 e. The molecule has 0 spiro atoms. The van der Waals surface area contributed by atoms with Crippen LogP contribution in [-0.2, 0) is 31.2 Å². The molecular formula is C29H39N5O7S. The lowest BCUT2D eigenvalue weighted by molar-refractivity contribution is 0.271. The number of unbranched alkanes of at least 4 members (excludes halogenated alkanes) is 3. The lowest BCUT2D eigenvalue weighted by atomic mass is 10.2. The summed E-state index contributed by atoms with van der Waals surface area (Å²) in [6, 6.07) is 8.42. The van der Waals surface area contributed by atoms with E-state index in [2.05, 4.69) is 9.82 Å². The molecule has 0 saturated heterocycles. The molecule has 2 aromatic carbocycles. The Morgan fingerprint density at radius 2 is 1.50 bits per heavy atom. The van der Waals surface area contributed by atoms with Crippen molar-refractivity contribution in [3.8, 4) is 23.0 Å². The number of aromatic nitrogens is 4. The van der Waals surface area contributed by atoms with Gasteiger partial charge in [-0.05, 0) is 38.7 Å². The molecule has 0 unspecified atom stereocenters. The summed E-state index contributed by atoms with van der Waals surface area (Å²) in [5, 5.41) is 13.0. The van der Waals surface area contributed by atoms with Crippen molar-refractivity contribution in [1.82, 2.24) is 18.9 Å². The fraction of sp³-hybridized carbons (Fsp3) is 0.448. The number of nitrogens with one attached hydrogen (secondary N) is 1. The number of benzene rings is 2. The average Bonchev–Trinajstić information content (AvgIpc) is 3.40. The lowest BCUT2D eigenvalue weighted by Crippen LogP contribution is -2.19. The average molecular weight is 602 g/mol. The molecule has 0 aliphatic carbocycles. The second kappa shape index (κ2) is 13.3. The Bertz CT molecular complexity index is 1710. The predicted octanol–water partition coefficient (Wildman–Crippen LogP) is 4.23. The van der Waals surface area contributed by atoms with Gasteiger partial charge in [0.1, 0.15) is 22.1 Å². The quantitative estimate of drug-likeness (QED) is 0.193. The molecule has 0 bridgehead atoms. The standard InChI is InChI=1S/C29H39N5O7S/c1-6-12-39-21-14-22(40-13-10-8-7-9-11-35)16-23(15-21)41-27-18-26-25(32(3)29(36)33(26)4)17-24(27)31-42(37,38)28-19-30-34(5)20(28)2/h14-19,31,35H,6-13H2,1-5H3. The van der Waals surface area contributed by atoms with Crippen molar-refractivity contribution in [3.63, 3.8) is 0 Å². The first kappa shape index (κ1) is 31.0. The van der Waals surface area contributed by atoms with Gasteiger partial charge >= 0.3 is 5.69 Å². The van der Waals surface area contributed by atoms with Gasteiger partial charge in [-0.1, -0.05) is 13.3 Å². The Kier molecular flexibility index (Phi) is 9.84. The summed E-state index contributed by atoms with van der Waals surface area (Å²) >= 11 is 0. The largest absolute Gasteiger partial charge is 0.493 e. The highest BCUT2D eigenvalue weighted by Gasteiger charge is 2.24. The highest BCUT2D eigenvalue weighted by molar-refractivity contribution is 7.92. The third kappa shape index (κ3) is 6.90. The SMILES string of the molecule is CCCOc1cc(OCCCCCCO)cc(Oc2cc3c(cc2NS(=O)(=O)c2cnn(C)c2C)n(C)c(=O)n3C)c1. The summed E-state index contributed by atoms with van der Waals surface area (Å²) in [5.74, 6) is 1.65. The molecule has 2 N–H and O–H groups in total. The molecule has 13 heteroatoms. The van der Waals surface area contributed by atoms with Gasteiger partial charge in [0.15, 0.2) is 5.75 Å². The van der Waals surface area contributed by atoms with Crippen LogP contribution in [-0.4, -0.2) is 52.3 Å².